The molecule has 1 saturated carbocycles. The second-order valence-corrected chi connectivity index (χ2v) is 5.34. The number of rotatable bonds is 4. The van der Waals surface area contributed by atoms with Gasteiger partial charge in [-0.25, -0.2) is 0 Å². The summed E-state index contributed by atoms with van der Waals surface area (Å²) < 4.78 is 2.82. The molecule has 2 rings (SSSR count). The molecule has 5 heteroatoms. The normalized spacial score (nSPS) is 18.8. The molecule has 0 aromatic carbocycles. The zero-order valence-electron chi connectivity index (χ0n) is 9.10. The van der Waals surface area contributed by atoms with Gasteiger partial charge in [0.05, 0.1) is 16.7 Å². The molecule has 1 aliphatic carbocycles. The first kappa shape index (κ1) is 11.6. The van der Waals surface area contributed by atoms with E-state index in [1.165, 1.54) is 25.7 Å². The summed E-state index contributed by atoms with van der Waals surface area (Å²) in [6, 6.07) is 0.131. The number of carbonyl (C=O) groups is 1. The fraction of sp³-hybridized carbons (Fsp3) is 0.636. The Morgan fingerprint density at radius 1 is 1.62 bits per heavy atom. The van der Waals surface area contributed by atoms with Crippen molar-refractivity contribution in [1.82, 2.24) is 9.78 Å². The summed E-state index contributed by atoms with van der Waals surface area (Å²) in [6.45, 7) is 0. The van der Waals surface area contributed by atoms with E-state index in [0.717, 1.165) is 4.47 Å². The molecule has 0 spiro atoms. The molecule has 0 radical (unpaired) electrons. The highest BCUT2D eigenvalue weighted by molar-refractivity contribution is 9.10. The van der Waals surface area contributed by atoms with Crippen LogP contribution in [0.3, 0.4) is 0 Å². The molecule has 1 atom stereocenters. The predicted octanol–water partition coefficient (Wildman–Crippen LogP) is 2.25. The summed E-state index contributed by atoms with van der Waals surface area (Å²) in [4.78, 5) is 11.1. The largest absolute Gasteiger partial charge is 0.370 e. The highest BCUT2D eigenvalue weighted by Gasteiger charge is 2.28. The van der Waals surface area contributed by atoms with Crippen LogP contribution in [0.4, 0.5) is 0 Å². The smallest absolute Gasteiger partial charge is 0.219 e. The average molecular weight is 286 g/mol. The number of nitrogens with zero attached hydrogens (tertiary/aromatic N) is 2. The molecule has 1 aromatic rings. The fourth-order valence-electron chi connectivity index (χ4n) is 2.52. The number of hydrogen-bond acceptors (Lipinski definition) is 2. The van der Waals surface area contributed by atoms with Crippen molar-refractivity contribution in [2.75, 3.05) is 0 Å². The predicted molar refractivity (Wildman–Crippen MR) is 64.7 cm³/mol. The molecule has 1 unspecified atom stereocenters. The van der Waals surface area contributed by atoms with Crippen LogP contribution in [0, 0.1) is 5.92 Å². The SMILES string of the molecule is NC(=O)CC(C1CCCC1)n1cc(Br)cn1. The van der Waals surface area contributed by atoms with Gasteiger partial charge >= 0.3 is 0 Å². The Balaban J connectivity index is 2.16. The second kappa shape index (κ2) is 4.99. The van der Waals surface area contributed by atoms with Crippen molar-refractivity contribution in [2.24, 2.45) is 11.7 Å². The van der Waals surface area contributed by atoms with Gasteiger partial charge in [-0.1, -0.05) is 12.8 Å². The van der Waals surface area contributed by atoms with E-state index in [4.69, 9.17) is 5.73 Å². The number of aromatic nitrogens is 2. The van der Waals surface area contributed by atoms with Crippen molar-refractivity contribution in [3.05, 3.63) is 16.9 Å². The summed E-state index contributed by atoms with van der Waals surface area (Å²) in [5, 5.41) is 4.28. The first-order chi connectivity index (χ1) is 7.66. The van der Waals surface area contributed by atoms with Gasteiger partial charge in [0.1, 0.15) is 0 Å². The maximum atomic E-state index is 11.1. The molecular formula is C11H16BrN3O. The van der Waals surface area contributed by atoms with E-state index in [1.807, 2.05) is 10.9 Å². The highest BCUT2D eigenvalue weighted by atomic mass is 79.9. The van der Waals surface area contributed by atoms with Crippen molar-refractivity contribution in [3.63, 3.8) is 0 Å². The zero-order valence-corrected chi connectivity index (χ0v) is 10.7. The van der Waals surface area contributed by atoms with Crippen LogP contribution < -0.4 is 5.73 Å². The van der Waals surface area contributed by atoms with Crippen LogP contribution in [0.25, 0.3) is 0 Å². The molecule has 4 nitrogen and oxygen atoms in total. The highest BCUT2D eigenvalue weighted by Crippen LogP contribution is 2.36. The van der Waals surface area contributed by atoms with Gasteiger partial charge < -0.3 is 5.73 Å². The van der Waals surface area contributed by atoms with Crippen molar-refractivity contribution in [1.29, 1.82) is 0 Å². The van der Waals surface area contributed by atoms with Crippen LogP contribution in [-0.2, 0) is 4.79 Å². The van der Waals surface area contributed by atoms with Gasteiger partial charge in [0.15, 0.2) is 0 Å². The molecule has 2 N–H and O–H groups in total. The van der Waals surface area contributed by atoms with E-state index in [1.54, 1.807) is 6.20 Å². The minimum absolute atomic E-state index is 0.131. The van der Waals surface area contributed by atoms with E-state index in [2.05, 4.69) is 21.0 Å². The zero-order chi connectivity index (χ0) is 11.5. The minimum atomic E-state index is -0.247. The monoisotopic (exact) mass is 285 g/mol. The lowest BCUT2D eigenvalue weighted by Gasteiger charge is -2.22. The number of primary amides is 1. The number of amides is 1. The number of hydrogen-bond donors (Lipinski definition) is 1. The van der Waals surface area contributed by atoms with Crippen LogP contribution in [0.15, 0.2) is 16.9 Å². The lowest BCUT2D eigenvalue weighted by molar-refractivity contribution is -0.119. The van der Waals surface area contributed by atoms with Crippen LogP contribution in [0.2, 0.25) is 0 Å². The van der Waals surface area contributed by atoms with Crippen molar-refractivity contribution in [3.8, 4) is 0 Å². The Labute approximate surface area is 103 Å². The van der Waals surface area contributed by atoms with Gasteiger partial charge in [0.2, 0.25) is 5.91 Å². The standard InChI is InChI=1S/C11H16BrN3O/c12-9-6-14-15(7-9)10(5-11(13)16)8-3-1-2-4-8/h6-8,10H,1-5H2,(H2,13,16). The quantitative estimate of drug-likeness (QED) is 0.922. The maximum Gasteiger partial charge on any atom is 0.219 e. The van der Waals surface area contributed by atoms with Crippen molar-refractivity contribution < 1.29 is 4.79 Å². The first-order valence-electron chi connectivity index (χ1n) is 5.65. The van der Waals surface area contributed by atoms with Gasteiger partial charge in [-0.3, -0.25) is 9.48 Å². The van der Waals surface area contributed by atoms with Crippen molar-refractivity contribution in [2.45, 2.75) is 38.1 Å². The van der Waals surface area contributed by atoms with Crippen LogP contribution >= 0.6 is 15.9 Å². The molecule has 1 aliphatic rings. The molecule has 0 bridgehead atoms. The molecule has 1 aromatic heterocycles. The fourth-order valence-corrected chi connectivity index (χ4v) is 2.82. The van der Waals surface area contributed by atoms with E-state index >= 15 is 0 Å². The van der Waals surface area contributed by atoms with Gasteiger partial charge in [-0.15, -0.1) is 0 Å². The molecular weight excluding hydrogens is 270 g/mol. The Morgan fingerprint density at radius 3 is 2.81 bits per heavy atom. The van der Waals surface area contributed by atoms with Crippen LogP contribution in [0.1, 0.15) is 38.1 Å². The molecule has 1 amide bonds. The van der Waals surface area contributed by atoms with E-state index in [0.29, 0.717) is 12.3 Å². The topological polar surface area (TPSA) is 60.9 Å². The molecule has 88 valence electrons. The van der Waals surface area contributed by atoms with E-state index in [9.17, 15) is 4.79 Å². The summed E-state index contributed by atoms with van der Waals surface area (Å²) in [5.74, 6) is 0.294. The molecule has 1 fully saturated rings. The van der Waals surface area contributed by atoms with E-state index < -0.39 is 0 Å². The number of carbonyl (C=O) groups excluding carboxylic acids is 1. The third kappa shape index (κ3) is 2.64. The van der Waals surface area contributed by atoms with E-state index in [-0.39, 0.29) is 11.9 Å². The van der Waals surface area contributed by atoms with Gasteiger partial charge in [0.25, 0.3) is 0 Å². The summed E-state index contributed by atoms with van der Waals surface area (Å²) in [6.07, 6.45) is 8.92. The molecule has 0 aliphatic heterocycles. The third-order valence-electron chi connectivity index (χ3n) is 3.26. The molecule has 16 heavy (non-hydrogen) atoms. The summed E-state index contributed by atoms with van der Waals surface area (Å²) in [7, 11) is 0. The third-order valence-corrected chi connectivity index (χ3v) is 3.67. The lowest BCUT2D eigenvalue weighted by atomic mass is 9.95. The first-order valence-corrected chi connectivity index (χ1v) is 6.44. The van der Waals surface area contributed by atoms with Gasteiger partial charge in [-0.05, 0) is 34.7 Å². The number of nitrogens with two attached hydrogens (primary N) is 1. The van der Waals surface area contributed by atoms with Gasteiger partial charge in [-0.2, -0.15) is 5.10 Å². The van der Waals surface area contributed by atoms with Crippen LogP contribution in [0.5, 0.6) is 0 Å². The maximum absolute atomic E-state index is 11.1. The second-order valence-electron chi connectivity index (χ2n) is 4.42. The Hall–Kier alpha value is -0.840. The lowest BCUT2D eigenvalue weighted by Crippen LogP contribution is -2.24. The summed E-state index contributed by atoms with van der Waals surface area (Å²) in [5.41, 5.74) is 5.31. The number of halogens is 1. The van der Waals surface area contributed by atoms with Crippen molar-refractivity contribution >= 4 is 21.8 Å². The minimum Gasteiger partial charge on any atom is -0.370 e. The Bertz CT molecular complexity index is 371. The summed E-state index contributed by atoms with van der Waals surface area (Å²) >= 11 is 3.38. The average Bonchev–Trinajstić information content (AvgIpc) is 2.84. The molecule has 1 heterocycles. The Morgan fingerprint density at radius 2 is 2.31 bits per heavy atom. The van der Waals surface area contributed by atoms with Gasteiger partial charge in [0, 0.05) is 12.6 Å². The van der Waals surface area contributed by atoms with Crippen LogP contribution in [-0.4, -0.2) is 15.7 Å². The Kier molecular flexibility index (Phi) is 3.63. The molecule has 0 saturated heterocycles.